The fourth-order valence-corrected chi connectivity index (χ4v) is 2.24. The van der Waals surface area contributed by atoms with Gasteiger partial charge in [-0.25, -0.2) is 8.78 Å². The highest BCUT2D eigenvalue weighted by Gasteiger charge is 2.29. The van der Waals surface area contributed by atoms with Gasteiger partial charge in [-0.05, 0) is 24.6 Å². The standard InChI is InChI=1S/C12H16BrF2N/c1-12(2,3)11(16-4)10-8(14)5-7(13)6-9(10)15/h5-6,11,16H,1-4H3. The lowest BCUT2D eigenvalue weighted by molar-refractivity contribution is 0.272. The van der Waals surface area contributed by atoms with Crippen LogP contribution in [0.15, 0.2) is 16.6 Å². The summed E-state index contributed by atoms with van der Waals surface area (Å²) in [6.07, 6.45) is 0. The summed E-state index contributed by atoms with van der Waals surface area (Å²) in [4.78, 5) is 0. The summed E-state index contributed by atoms with van der Waals surface area (Å²) in [6.45, 7) is 5.82. The van der Waals surface area contributed by atoms with Gasteiger partial charge in [-0.3, -0.25) is 0 Å². The number of hydrogen-bond donors (Lipinski definition) is 1. The van der Waals surface area contributed by atoms with Gasteiger partial charge in [0.2, 0.25) is 0 Å². The van der Waals surface area contributed by atoms with Crippen molar-refractivity contribution in [2.45, 2.75) is 26.8 Å². The van der Waals surface area contributed by atoms with Crippen LogP contribution in [0.3, 0.4) is 0 Å². The molecule has 0 aromatic heterocycles. The van der Waals surface area contributed by atoms with Gasteiger partial charge in [-0.15, -0.1) is 0 Å². The molecule has 0 saturated heterocycles. The van der Waals surface area contributed by atoms with E-state index in [-0.39, 0.29) is 17.0 Å². The molecule has 0 fully saturated rings. The van der Waals surface area contributed by atoms with Crippen molar-refractivity contribution in [2.24, 2.45) is 5.41 Å². The van der Waals surface area contributed by atoms with Gasteiger partial charge in [-0.2, -0.15) is 0 Å². The Morgan fingerprint density at radius 1 is 1.19 bits per heavy atom. The lowest BCUT2D eigenvalue weighted by atomic mass is 9.82. The number of nitrogens with one attached hydrogen (secondary N) is 1. The lowest BCUT2D eigenvalue weighted by Gasteiger charge is -2.31. The van der Waals surface area contributed by atoms with Crippen LogP contribution >= 0.6 is 15.9 Å². The minimum atomic E-state index is -0.527. The maximum Gasteiger partial charge on any atom is 0.132 e. The molecule has 0 radical (unpaired) electrons. The Kier molecular flexibility index (Phi) is 4.07. The first-order chi connectivity index (χ1) is 7.27. The first-order valence-electron chi connectivity index (χ1n) is 5.09. The largest absolute Gasteiger partial charge is 0.312 e. The summed E-state index contributed by atoms with van der Waals surface area (Å²) in [6, 6.07) is 2.21. The molecule has 1 unspecified atom stereocenters. The predicted molar refractivity (Wildman–Crippen MR) is 65.3 cm³/mol. The average molecular weight is 292 g/mol. The second-order valence-corrected chi connectivity index (χ2v) is 5.79. The topological polar surface area (TPSA) is 12.0 Å². The summed E-state index contributed by atoms with van der Waals surface area (Å²) in [5.74, 6) is -1.05. The summed E-state index contributed by atoms with van der Waals surface area (Å²) < 4.78 is 27.9. The summed E-state index contributed by atoms with van der Waals surface area (Å²) in [7, 11) is 1.71. The second kappa shape index (κ2) is 4.80. The van der Waals surface area contributed by atoms with Crippen LogP contribution < -0.4 is 5.32 Å². The predicted octanol–water partition coefficient (Wildman–Crippen LogP) is 4.03. The van der Waals surface area contributed by atoms with E-state index in [0.29, 0.717) is 4.47 Å². The van der Waals surface area contributed by atoms with Crippen molar-refractivity contribution in [3.63, 3.8) is 0 Å². The minimum absolute atomic E-state index is 0.0956. The molecule has 1 rings (SSSR count). The van der Waals surface area contributed by atoms with Gasteiger partial charge in [0.05, 0.1) is 0 Å². The van der Waals surface area contributed by atoms with Crippen LogP contribution in [-0.4, -0.2) is 7.05 Å². The molecule has 4 heteroatoms. The maximum absolute atomic E-state index is 13.8. The Morgan fingerprint density at radius 2 is 1.62 bits per heavy atom. The van der Waals surface area contributed by atoms with Crippen molar-refractivity contribution in [1.82, 2.24) is 5.32 Å². The molecule has 1 aromatic carbocycles. The van der Waals surface area contributed by atoms with Crippen molar-refractivity contribution in [2.75, 3.05) is 7.05 Å². The molecule has 1 aromatic rings. The van der Waals surface area contributed by atoms with E-state index < -0.39 is 11.6 Å². The molecule has 16 heavy (non-hydrogen) atoms. The summed E-state index contributed by atoms with van der Waals surface area (Å²) >= 11 is 3.07. The van der Waals surface area contributed by atoms with Gasteiger partial charge in [0.25, 0.3) is 0 Å². The van der Waals surface area contributed by atoms with E-state index in [1.807, 2.05) is 20.8 Å². The first kappa shape index (κ1) is 13.6. The van der Waals surface area contributed by atoms with Crippen molar-refractivity contribution in [1.29, 1.82) is 0 Å². The van der Waals surface area contributed by atoms with Gasteiger partial charge >= 0.3 is 0 Å². The number of halogens is 3. The quantitative estimate of drug-likeness (QED) is 0.867. The van der Waals surface area contributed by atoms with E-state index in [2.05, 4.69) is 21.2 Å². The molecule has 0 heterocycles. The number of hydrogen-bond acceptors (Lipinski definition) is 1. The fourth-order valence-electron chi connectivity index (χ4n) is 1.84. The van der Waals surface area contributed by atoms with Crippen molar-refractivity contribution < 1.29 is 8.78 Å². The third-order valence-electron chi connectivity index (χ3n) is 2.49. The SMILES string of the molecule is CNC(c1c(F)cc(Br)cc1F)C(C)(C)C. The van der Waals surface area contributed by atoms with Crippen LogP contribution in [0.4, 0.5) is 8.78 Å². The highest BCUT2D eigenvalue weighted by Crippen LogP contribution is 2.36. The zero-order valence-corrected chi connectivity index (χ0v) is 11.5. The lowest BCUT2D eigenvalue weighted by Crippen LogP contribution is -2.31. The Morgan fingerprint density at radius 3 is 1.94 bits per heavy atom. The first-order valence-corrected chi connectivity index (χ1v) is 5.88. The van der Waals surface area contributed by atoms with E-state index in [9.17, 15) is 8.78 Å². The smallest absolute Gasteiger partial charge is 0.132 e. The Balaban J connectivity index is 3.31. The van der Waals surface area contributed by atoms with Crippen LogP contribution in [0, 0.1) is 17.0 Å². The zero-order valence-electron chi connectivity index (χ0n) is 9.87. The van der Waals surface area contributed by atoms with Gasteiger partial charge in [-0.1, -0.05) is 36.7 Å². The van der Waals surface area contributed by atoms with E-state index in [1.54, 1.807) is 7.05 Å². The van der Waals surface area contributed by atoms with E-state index in [1.165, 1.54) is 12.1 Å². The third-order valence-corrected chi connectivity index (χ3v) is 2.95. The summed E-state index contributed by atoms with van der Waals surface area (Å²) in [5.41, 5.74) is -0.164. The van der Waals surface area contributed by atoms with E-state index >= 15 is 0 Å². The molecule has 1 atom stereocenters. The van der Waals surface area contributed by atoms with Crippen molar-refractivity contribution >= 4 is 15.9 Å². The zero-order chi connectivity index (χ0) is 12.5. The molecule has 1 nitrogen and oxygen atoms in total. The molecule has 0 aliphatic rings. The Labute approximate surface area is 103 Å². The molecular weight excluding hydrogens is 276 g/mol. The highest BCUT2D eigenvalue weighted by atomic mass is 79.9. The minimum Gasteiger partial charge on any atom is -0.312 e. The third kappa shape index (κ3) is 2.80. The maximum atomic E-state index is 13.8. The monoisotopic (exact) mass is 291 g/mol. The van der Waals surface area contributed by atoms with Crippen LogP contribution in [0.1, 0.15) is 32.4 Å². The number of benzene rings is 1. The van der Waals surface area contributed by atoms with Crippen molar-refractivity contribution in [3.05, 3.63) is 33.8 Å². The molecule has 90 valence electrons. The molecule has 0 aliphatic carbocycles. The van der Waals surface area contributed by atoms with Crippen LogP contribution in [0.2, 0.25) is 0 Å². The molecule has 1 N–H and O–H groups in total. The Hall–Kier alpha value is -0.480. The van der Waals surface area contributed by atoms with Gasteiger partial charge in [0.15, 0.2) is 0 Å². The van der Waals surface area contributed by atoms with Gasteiger partial charge in [0.1, 0.15) is 11.6 Å². The summed E-state index contributed by atoms with van der Waals surface area (Å²) in [5, 5.41) is 2.96. The fraction of sp³-hybridized carbons (Fsp3) is 0.500. The molecule has 0 spiro atoms. The van der Waals surface area contributed by atoms with E-state index in [4.69, 9.17) is 0 Å². The Bertz CT molecular complexity index is 362. The molecule has 0 aliphatic heterocycles. The average Bonchev–Trinajstić information content (AvgIpc) is 2.08. The van der Waals surface area contributed by atoms with Crippen LogP contribution in [0.25, 0.3) is 0 Å². The van der Waals surface area contributed by atoms with Crippen molar-refractivity contribution in [3.8, 4) is 0 Å². The molecule has 0 bridgehead atoms. The number of rotatable bonds is 2. The van der Waals surface area contributed by atoms with Crippen LogP contribution in [-0.2, 0) is 0 Å². The molecule has 0 amide bonds. The van der Waals surface area contributed by atoms with E-state index in [0.717, 1.165) is 0 Å². The van der Waals surface area contributed by atoms with Gasteiger partial charge in [0, 0.05) is 16.1 Å². The second-order valence-electron chi connectivity index (χ2n) is 4.87. The highest BCUT2D eigenvalue weighted by molar-refractivity contribution is 9.10. The normalized spacial score (nSPS) is 13.9. The molecule has 0 saturated carbocycles. The molecular formula is C12H16BrF2N. The van der Waals surface area contributed by atoms with Gasteiger partial charge < -0.3 is 5.32 Å². The van der Waals surface area contributed by atoms with Crippen LogP contribution in [0.5, 0.6) is 0 Å².